The predicted molar refractivity (Wildman–Crippen MR) is 52.9 cm³/mol. The molecule has 1 aromatic heterocycles. The lowest BCUT2D eigenvalue weighted by molar-refractivity contribution is 0.285. The molecule has 0 bridgehead atoms. The molecule has 0 atom stereocenters. The van der Waals surface area contributed by atoms with Crippen molar-refractivity contribution in [2.75, 3.05) is 6.54 Å². The summed E-state index contributed by atoms with van der Waals surface area (Å²) in [7, 11) is 0. The van der Waals surface area contributed by atoms with E-state index in [9.17, 15) is 0 Å². The molecular formula is C9H13NOS. The Balaban J connectivity index is 2.51. The van der Waals surface area contributed by atoms with Crippen molar-refractivity contribution < 1.29 is 5.11 Å². The van der Waals surface area contributed by atoms with Crippen molar-refractivity contribution >= 4 is 17.4 Å². The van der Waals surface area contributed by atoms with Crippen LogP contribution in [0.5, 0.6) is 0 Å². The molecule has 0 unspecified atom stereocenters. The molecule has 1 heterocycles. The second-order valence-electron chi connectivity index (χ2n) is 2.48. The van der Waals surface area contributed by atoms with Crippen molar-refractivity contribution in [2.45, 2.75) is 13.0 Å². The number of aliphatic hydroxyl groups is 1. The van der Waals surface area contributed by atoms with E-state index in [1.165, 1.54) is 0 Å². The van der Waals surface area contributed by atoms with Gasteiger partial charge in [0, 0.05) is 4.88 Å². The van der Waals surface area contributed by atoms with Gasteiger partial charge in [-0.05, 0) is 30.0 Å². The van der Waals surface area contributed by atoms with Crippen LogP contribution in [0.3, 0.4) is 0 Å². The van der Waals surface area contributed by atoms with Crippen LogP contribution in [0.1, 0.15) is 16.9 Å². The summed E-state index contributed by atoms with van der Waals surface area (Å²) >= 11 is 1.58. The lowest BCUT2D eigenvalue weighted by Crippen LogP contribution is -1.94. The van der Waals surface area contributed by atoms with Gasteiger partial charge in [-0.2, -0.15) is 0 Å². The maximum absolute atomic E-state index is 8.79. The summed E-state index contributed by atoms with van der Waals surface area (Å²) in [6.07, 6.45) is 4.98. The van der Waals surface area contributed by atoms with E-state index in [0.29, 0.717) is 6.54 Å². The Bertz CT molecular complexity index is 255. The Labute approximate surface area is 76.3 Å². The third kappa shape index (κ3) is 2.77. The first-order chi connectivity index (χ1) is 5.86. The van der Waals surface area contributed by atoms with E-state index >= 15 is 0 Å². The van der Waals surface area contributed by atoms with Crippen LogP contribution < -0.4 is 5.73 Å². The zero-order valence-electron chi connectivity index (χ0n) is 6.86. The molecule has 0 aliphatic heterocycles. The molecule has 66 valence electrons. The van der Waals surface area contributed by atoms with Gasteiger partial charge in [-0.3, -0.25) is 0 Å². The van der Waals surface area contributed by atoms with E-state index in [4.69, 9.17) is 10.8 Å². The highest BCUT2D eigenvalue weighted by Gasteiger charge is 1.93. The molecule has 0 saturated carbocycles. The van der Waals surface area contributed by atoms with Gasteiger partial charge in [-0.25, -0.2) is 0 Å². The number of nitrogens with two attached hydrogens (primary N) is 1. The van der Waals surface area contributed by atoms with Crippen molar-refractivity contribution in [2.24, 2.45) is 5.73 Å². The molecule has 0 aliphatic rings. The molecule has 0 radical (unpaired) electrons. The molecule has 12 heavy (non-hydrogen) atoms. The van der Waals surface area contributed by atoms with Gasteiger partial charge in [0.1, 0.15) is 0 Å². The van der Waals surface area contributed by atoms with Crippen LogP contribution in [-0.4, -0.2) is 11.7 Å². The minimum Gasteiger partial charge on any atom is -0.391 e. The van der Waals surface area contributed by atoms with Gasteiger partial charge < -0.3 is 10.8 Å². The molecule has 0 fully saturated rings. The third-order valence-electron chi connectivity index (χ3n) is 1.47. The fourth-order valence-corrected chi connectivity index (χ4v) is 1.60. The summed E-state index contributed by atoms with van der Waals surface area (Å²) in [6, 6.07) is 1.98. The van der Waals surface area contributed by atoms with E-state index in [1.807, 2.05) is 23.6 Å². The molecular weight excluding hydrogens is 170 g/mol. The normalized spacial score (nSPS) is 11.2. The Morgan fingerprint density at radius 3 is 3.00 bits per heavy atom. The summed E-state index contributed by atoms with van der Waals surface area (Å²) in [6.45, 7) is 0.822. The van der Waals surface area contributed by atoms with E-state index in [2.05, 4.69) is 0 Å². The standard InChI is InChI=1S/C9H13NOS/c10-4-2-1-3-8-5-9(6-11)12-7-8/h1,3,5,7,11H,2,4,6,10H2. The van der Waals surface area contributed by atoms with Gasteiger partial charge in [0.05, 0.1) is 6.61 Å². The Hall–Kier alpha value is -0.640. The number of thiophene rings is 1. The number of hydrogen-bond acceptors (Lipinski definition) is 3. The molecule has 2 nitrogen and oxygen atoms in total. The van der Waals surface area contributed by atoms with Gasteiger partial charge >= 0.3 is 0 Å². The molecule has 0 aliphatic carbocycles. The number of rotatable bonds is 4. The molecule has 0 aromatic carbocycles. The van der Waals surface area contributed by atoms with Crippen LogP contribution in [0.25, 0.3) is 6.08 Å². The Morgan fingerprint density at radius 1 is 1.58 bits per heavy atom. The second kappa shape index (κ2) is 5.09. The summed E-state index contributed by atoms with van der Waals surface area (Å²) < 4.78 is 0. The van der Waals surface area contributed by atoms with Crippen LogP contribution in [-0.2, 0) is 6.61 Å². The fraction of sp³-hybridized carbons (Fsp3) is 0.333. The van der Waals surface area contributed by atoms with E-state index in [0.717, 1.165) is 16.9 Å². The summed E-state index contributed by atoms with van der Waals surface area (Å²) in [5.74, 6) is 0. The molecule has 0 spiro atoms. The molecule has 3 heteroatoms. The van der Waals surface area contributed by atoms with Crippen LogP contribution >= 0.6 is 11.3 Å². The minimum absolute atomic E-state index is 0.134. The molecule has 0 saturated heterocycles. The average molecular weight is 183 g/mol. The Kier molecular flexibility index (Phi) is 4.00. The van der Waals surface area contributed by atoms with Gasteiger partial charge in [0.15, 0.2) is 0 Å². The summed E-state index contributed by atoms with van der Waals surface area (Å²) in [4.78, 5) is 1.00. The van der Waals surface area contributed by atoms with E-state index in [1.54, 1.807) is 11.3 Å². The third-order valence-corrected chi connectivity index (χ3v) is 2.41. The van der Waals surface area contributed by atoms with Gasteiger partial charge in [-0.1, -0.05) is 12.2 Å². The zero-order valence-corrected chi connectivity index (χ0v) is 7.68. The van der Waals surface area contributed by atoms with Gasteiger partial charge in [-0.15, -0.1) is 11.3 Å². The minimum atomic E-state index is 0.134. The quantitative estimate of drug-likeness (QED) is 0.744. The summed E-state index contributed by atoms with van der Waals surface area (Å²) in [5, 5.41) is 10.8. The zero-order chi connectivity index (χ0) is 8.81. The predicted octanol–water partition coefficient (Wildman–Crippen LogP) is 1.60. The van der Waals surface area contributed by atoms with Crippen molar-refractivity contribution in [3.63, 3.8) is 0 Å². The first kappa shape index (κ1) is 9.45. The van der Waals surface area contributed by atoms with Crippen LogP contribution in [0.4, 0.5) is 0 Å². The van der Waals surface area contributed by atoms with Crippen molar-refractivity contribution in [1.29, 1.82) is 0 Å². The second-order valence-corrected chi connectivity index (χ2v) is 3.48. The lowest BCUT2D eigenvalue weighted by atomic mass is 10.2. The SMILES string of the molecule is NCCC=Cc1csc(CO)c1. The van der Waals surface area contributed by atoms with E-state index in [-0.39, 0.29) is 6.61 Å². The van der Waals surface area contributed by atoms with Crippen molar-refractivity contribution in [1.82, 2.24) is 0 Å². The largest absolute Gasteiger partial charge is 0.391 e. The van der Waals surface area contributed by atoms with Gasteiger partial charge in [0.25, 0.3) is 0 Å². The van der Waals surface area contributed by atoms with Crippen LogP contribution in [0.15, 0.2) is 17.5 Å². The molecule has 0 amide bonds. The van der Waals surface area contributed by atoms with Crippen molar-refractivity contribution in [3.05, 3.63) is 28.0 Å². The number of hydrogen-bond donors (Lipinski definition) is 2. The molecule has 1 rings (SSSR count). The van der Waals surface area contributed by atoms with Crippen LogP contribution in [0, 0.1) is 0 Å². The smallest absolute Gasteiger partial charge is 0.0774 e. The van der Waals surface area contributed by atoms with E-state index < -0.39 is 0 Å². The molecule has 3 N–H and O–H groups in total. The monoisotopic (exact) mass is 183 g/mol. The highest BCUT2D eigenvalue weighted by atomic mass is 32.1. The first-order valence-corrected chi connectivity index (χ1v) is 4.79. The maximum atomic E-state index is 8.79. The number of aliphatic hydroxyl groups excluding tert-OH is 1. The highest BCUT2D eigenvalue weighted by Crippen LogP contribution is 2.15. The topological polar surface area (TPSA) is 46.2 Å². The highest BCUT2D eigenvalue weighted by molar-refractivity contribution is 7.10. The fourth-order valence-electron chi connectivity index (χ4n) is 0.884. The molecule has 1 aromatic rings. The van der Waals surface area contributed by atoms with Gasteiger partial charge in [0.2, 0.25) is 0 Å². The van der Waals surface area contributed by atoms with Crippen molar-refractivity contribution in [3.8, 4) is 0 Å². The lowest BCUT2D eigenvalue weighted by Gasteiger charge is -1.85. The summed E-state index contributed by atoms with van der Waals surface area (Å²) in [5.41, 5.74) is 6.49. The van der Waals surface area contributed by atoms with Crippen LogP contribution in [0.2, 0.25) is 0 Å². The maximum Gasteiger partial charge on any atom is 0.0774 e. The Morgan fingerprint density at radius 2 is 2.42 bits per heavy atom. The average Bonchev–Trinajstić information content (AvgIpc) is 2.53. The first-order valence-electron chi connectivity index (χ1n) is 3.91.